The number of nitrogens with one attached hydrogen (secondary N) is 1. The highest BCUT2D eigenvalue weighted by molar-refractivity contribution is 5.81. The van der Waals surface area contributed by atoms with Crippen LogP contribution in [0.2, 0.25) is 0 Å². The minimum Gasteiger partial charge on any atom is -0.497 e. The molecule has 2 aromatic heterocycles. The fourth-order valence-corrected chi connectivity index (χ4v) is 2.88. The number of aryl methyl sites for hydroxylation is 2. The first-order valence-corrected chi connectivity index (χ1v) is 8.44. The summed E-state index contributed by atoms with van der Waals surface area (Å²) in [5, 5.41) is 3.16. The normalized spacial score (nSPS) is 10.8. The number of fused-ring (bicyclic) bond motifs is 1. The summed E-state index contributed by atoms with van der Waals surface area (Å²) in [5.41, 5.74) is 3.43. The van der Waals surface area contributed by atoms with Crippen molar-refractivity contribution in [2.75, 3.05) is 25.6 Å². The molecule has 0 atom stereocenters. The van der Waals surface area contributed by atoms with E-state index < -0.39 is 0 Å². The highest BCUT2D eigenvalue weighted by atomic mass is 16.5. The Hall–Kier alpha value is -3.09. The Kier molecular flexibility index (Phi) is 5.06. The van der Waals surface area contributed by atoms with E-state index in [1.165, 1.54) is 0 Å². The molecule has 0 unspecified atom stereocenters. The van der Waals surface area contributed by atoms with Crippen molar-refractivity contribution in [3.63, 3.8) is 0 Å². The minimum atomic E-state index is -0.322. The Morgan fingerprint density at radius 1 is 1.23 bits per heavy atom. The van der Waals surface area contributed by atoms with Gasteiger partial charge in [0.2, 0.25) is 5.78 Å². The van der Waals surface area contributed by atoms with E-state index >= 15 is 0 Å². The van der Waals surface area contributed by atoms with E-state index in [0.29, 0.717) is 23.9 Å². The second-order valence-corrected chi connectivity index (χ2v) is 5.87. The zero-order chi connectivity index (χ0) is 18.7. The van der Waals surface area contributed by atoms with Crippen molar-refractivity contribution in [3.05, 3.63) is 41.7 Å². The Morgan fingerprint density at radius 2 is 2.04 bits per heavy atom. The molecule has 1 N–H and O–H groups in total. The number of carbonyl (C=O) groups excluding carboxylic acids is 1. The number of imidazole rings is 1. The van der Waals surface area contributed by atoms with Crippen molar-refractivity contribution in [2.45, 2.75) is 20.8 Å². The molecule has 0 aliphatic carbocycles. The van der Waals surface area contributed by atoms with Crippen molar-refractivity contribution in [1.82, 2.24) is 14.4 Å². The molecule has 7 heteroatoms. The molecular formula is C19H22N4O3. The number of aromatic nitrogens is 3. The van der Waals surface area contributed by atoms with Crippen LogP contribution in [0.3, 0.4) is 0 Å². The van der Waals surface area contributed by atoms with Crippen LogP contribution in [0.1, 0.15) is 18.3 Å². The zero-order valence-corrected chi connectivity index (χ0v) is 15.4. The molecule has 1 aromatic carbocycles. The lowest BCUT2D eigenvalue weighted by Gasteiger charge is -2.10. The van der Waals surface area contributed by atoms with Gasteiger partial charge in [-0.2, -0.15) is 0 Å². The first-order chi connectivity index (χ1) is 12.5. The van der Waals surface area contributed by atoms with Crippen molar-refractivity contribution in [1.29, 1.82) is 0 Å². The number of methoxy groups -OCH3 is 1. The molecule has 0 radical (unpaired) electrons. The summed E-state index contributed by atoms with van der Waals surface area (Å²) in [7, 11) is 1.62. The summed E-state index contributed by atoms with van der Waals surface area (Å²) in [6.07, 6.45) is 0. The second kappa shape index (κ2) is 7.43. The van der Waals surface area contributed by atoms with Gasteiger partial charge >= 0.3 is 5.97 Å². The first-order valence-electron chi connectivity index (χ1n) is 8.44. The molecule has 7 nitrogen and oxygen atoms in total. The third-order valence-electron chi connectivity index (χ3n) is 3.96. The summed E-state index contributed by atoms with van der Waals surface area (Å²) in [6, 6.07) is 9.60. The van der Waals surface area contributed by atoms with E-state index in [9.17, 15) is 4.79 Å². The number of benzene rings is 1. The van der Waals surface area contributed by atoms with Crippen LogP contribution >= 0.6 is 0 Å². The van der Waals surface area contributed by atoms with Gasteiger partial charge in [0.05, 0.1) is 13.7 Å². The Labute approximate surface area is 152 Å². The molecule has 136 valence electrons. The number of nitrogens with zero attached hydrogens (tertiary/aromatic N) is 3. The predicted octanol–water partition coefficient (Wildman–Crippen LogP) is 3.00. The van der Waals surface area contributed by atoms with Gasteiger partial charge in [-0.1, -0.05) is 12.1 Å². The van der Waals surface area contributed by atoms with Crippen molar-refractivity contribution in [2.24, 2.45) is 0 Å². The molecule has 0 saturated heterocycles. The van der Waals surface area contributed by atoms with Crippen LogP contribution in [0.5, 0.6) is 5.75 Å². The van der Waals surface area contributed by atoms with E-state index in [0.717, 1.165) is 22.7 Å². The SMILES string of the molecule is CCOC(=O)CNc1c(-c2cccc(OC)c2)nc2nc(C)cc(C)n12. The van der Waals surface area contributed by atoms with Crippen molar-refractivity contribution >= 4 is 17.6 Å². The Bertz CT molecular complexity index is 949. The van der Waals surface area contributed by atoms with Gasteiger partial charge < -0.3 is 14.8 Å². The number of rotatable bonds is 6. The molecule has 0 aliphatic heterocycles. The van der Waals surface area contributed by atoms with Gasteiger partial charge in [-0.25, -0.2) is 9.97 Å². The Balaban J connectivity index is 2.12. The number of carbonyl (C=O) groups is 1. The molecule has 26 heavy (non-hydrogen) atoms. The van der Waals surface area contributed by atoms with Crippen molar-refractivity contribution in [3.8, 4) is 17.0 Å². The lowest BCUT2D eigenvalue weighted by Crippen LogP contribution is -2.18. The van der Waals surface area contributed by atoms with Crippen molar-refractivity contribution < 1.29 is 14.3 Å². The molecule has 3 rings (SSSR count). The summed E-state index contributed by atoms with van der Waals surface area (Å²) in [6.45, 7) is 6.08. The fraction of sp³-hybridized carbons (Fsp3) is 0.316. The van der Waals surface area contributed by atoms with Crippen LogP contribution in [0.15, 0.2) is 30.3 Å². The maximum Gasteiger partial charge on any atom is 0.325 e. The van der Waals surface area contributed by atoms with E-state index in [1.807, 2.05) is 48.6 Å². The van der Waals surface area contributed by atoms with Gasteiger partial charge in [-0.15, -0.1) is 0 Å². The molecule has 0 spiro atoms. The van der Waals surface area contributed by atoms with E-state index in [1.54, 1.807) is 14.0 Å². The number of ether oxygens (including phenoxy) is 2. The average Bonchev–Trinajstić information content (AvgIpc) is 2.99. The fourth-order valence-electron chi connectivity index (χ4n) is 2.88. The largest absolute Gasteiger partial charge is 0.497 e. The summed E-state index contributed by atoms with van der Waals surface area (Å²) < 4.78 is 12.2. The van der Waals surface area contributed by atoms with Crippen LogP contribution in [-0.4, -0.2) is 40.6 Å². The van der Waals surface area contributed by atoms with E-state index in [4.69, 9.17) is 9.47 Å². The lowest BCUT2D eigenvalue weighted by atomic mass is 10.1. The highest BCUT2D eigenvalue weighted by Crippen LogP contribution is 2.31. The van der Waals surface area contributed by atoms with E-state index in [-0.39, 0.29) is 12.5 Å². The Morgan fingerprint density at radius 3 is 2.77 bits per heavy atom. The molecule has 0 bridgehead atoms. The maximum absolute atomic E-state index is 11.8. The molecule has 0 fully saturated rings. The summed E-state index contributed by atoms with van der Waals surface area (Å²) in [5.74, 6) is 1.69. The quantitative estimate of drug-likeness (QED) is 0.686. The molecule has 0 saturated carbocycles. The average molecular weight is 354 g/mol. The molecule has 3 aromatic rings. The van der Waals surface area contributed by atoms with E-state index in [2.05, 4.69) is 15.3 Å². The van der Waals surface area contributed by atoms with Gasteiger partial charge in [0.15, 0.2) is 0 Å². The van der Waals surface area contributed by atoms with Crippen LogP contribution in [0.4, 0.5) is 5.82 Å². The third-order valence-corrected chi connectivity index (χ3v) is 3.96. The standard InChI is InChI=1S/C19H22N4O3/c1-5-26-16(24)11-20-18-17(14-7-6-8-15(10-14)25-4)22-19-21-12(2)9-13(3)23(18)19/h6-10,20H,5,11H2,1-4H3. The monoisotopic (exact) mass is 354 g/mol. The van der Waals surface area contributed by atoms with Crippen LogP contribution in [0, 0.1) is 13.8 Å². The molecule has 2 heterocycles. The lowest BCUT2D eigenvalue weighted by molar-refractivity contribution is -0.140. The smallest absolute Gasteiger partial charge is 0.325 e. The zero-order valence-electron chi connectivity index (χ0n) is 15.4. The number of anilines is 1. The predicted molar refractivity (Wildman–Crippen MR) is 99.6 cm³/mol. The van der Waals surface area contributed by atoms with Crippen LogP contribution in [0.25, 0.3) is 17.0 Å². The van der Waals surface area contributed by atoms with Gasteiger partial charge in [-0.3, -0.25) is 9.20 Å². The maximum atomic E-state index is 11.8. The minimum absolute atomic E-state index is 0.0475. The third kappa shape index (κ3) is 3.46. The molecule has 0 amide bonds. The second-order valence-electron chi connectivity index (χ2n) is 5.87. The van der Waals surface area contributed by atoms with Gasteiger partial charge in [0.1, 0.15) is 23.8 Å². The van der Waals surface area contributed by atoms with Gasteiger partial charge in [0, 0.05) is 17.0 Å². The first kappa shape index (κ1) is 17.7. The highest BCUT2D eigenvalue weighted by Gasteiger charge is 2.18. The molecule has 0 aliphatic rings. The molecular weight excluding hydrogens is 332 g/mol. The van der Waals surface area contributed by atoms with Crippen LogP contribution in [-0.2, 0) is 9.53 Å². The van der Waals surface area contributed by atoms with Gasteiger partial charge in [0.25, 0.3) is 0 Å². The van der Waals surface area contributed by atoms with Crippen LogP contribution < -0.4 is 10.1 Å². The number of esters is 1. The number of hydrogen-bond acceptors (Lipinski definition) is 6. The number of hydrogen-bond donors (Lipinski definition) is 1. The summed E-state index contributed by atoms with van der Waals surface area (Å²) >= 11 is 0. The summed E-state index contributed by atoms with van der Waals surface area (Å²) in [4.78, 5) is 21.0. The van der Waals surface area contributed by atoms with Gasteiger partial charge in [-0.05, 0) is 39.0 Å². The topological polar surface area (TPSA) is 77.8 Å².